The maximum atomic E-state index is 5.28. The third-order valence-corrected chi connectivity index (χ3v) is 2.87. The van der Waals surface area contributed by atoms with Crippen molar-refractivity contribution in [2.45, 2.75) is 39.5 Å². The van der Waals surface area contributed by atoms with Crippen molar-refractivity contribution in [3.8, 4) is 0 Å². The van der Waals surface area contributed by atoms with E-state index in [4.69, 9.17) is 5.84 Å². The van der Waals surface area contributed by atoms with Gasteiger partial charge >= 0.3 is 0 Å². The van der Waals surface area contributed by atoms with Crippen LogP contribution in [0.1, 0.15) is 39.5 Å². The molecule has 0 radical (unpaired) electrons. The quantitative estimate of drug-likeness (QED) is 0.471. The summed E-state index contributed by atoms with van der Waals surface area (Å²) in [5.41, 5.74) is 3.35. The van der Waals surface area contributed by atoms with Crippen LogP contribution in [0.3, 0.4) is 0 Å². The highest BCUT2D eigenvalue weighted by atomic mass is 15.2. The van der Waals surface area contributed by atoms with E-state index in [1.807, 2.05) is 0 Å². The Morgan fingerprint density at radius 3 is 2.36 bits per heavy atom. The first-order valence-electron chi connectivity index (χ1n) is 4.57. The van der Waals surface area contributed by atoms with Crippen LogP contribution in [0.2, 0.25) is 0 Å². The van der Waals surface area contributed by atoms with Gasteiger partial charge in [0.1, 0.15) is 0 Å². The van der Waals surface area contributed by atoms with Crippen LogP contribution in [0, 0.1) is 11.3 Å². The van der Waals surface area contributed by atoms with Crippen molar-refractivity contribution in [3.63, 3.8) is 0 Å². The topological polar surface area (TPSA) is 38.0 Å². The predicted octanol–water partition coefficient (Wildman–Crippen LogP) is 1.67. The number of hydrogen-bond donors (Lipinski definition) is 2. The lowest BCUT2D eigenvalue weighted by Crippen LogP contribution is -2.32. The molecule has 0 amide bonds. The molecule has 0 saturated heterocycles. The van der Waals surface area contributed by atoms with Crippen LogP contribution in [-0.4, -0.2) is 6.54 Å². The molecule has 0 bridgehead atoms. The van der Waals surface area contributed by atoms with Crippen LogP contribution in [0.5, 0.6) is 0 Å². The Morgan fingerprint density at radius 2 is 1.91 bits per heavy atom. The van der Waals surface area contributed by atoms with Crippen molar-refractivity contribution in [2.75, 3.05) is 6.54 Å². The summed E-state index contributed by atoms with van der Waals surface area (Å²) in [5.74, 6) is 6.10. The van der Waals surface area contributed by atoms with Crippen LogP contribution in [-0.2, 0) is 0 Å². The largest absolute Gasteiger partial charge is 0.271 e. The van der Waals surface area contributed by atoms with Gasteiger partial charge in [-0.1, -0.05) is 13.8 Å². The lowest BCUT2D eigenvalue weighted by atomic mass is 9.73. The number of nitrogens with two attached hydrogens (primary N) is 1. The van der Waals surface area contributed by atoms with Crippen molar-refractivity contribution in [1.82, 2.24) is 5.43 Å². The maximum absolute atomic E-state index is 5.28. The van der Waals surface area contributed by atoms with E-state index in [0.717, 1.165) is 12.5 Å². The molecule has 66 valence electrons. The SMILES string of the molecule is CC1(C)CCC(CNN)CC1. The molecule has 1 aliphatic rings. The molecule has 1 rings (SSSR count). The monoisotopic (exact) mass is 156 g/mol. The molecule has 1 fully saturated rings. The first-order chi connectivity index (χ1) is 5.14. The highest BCUT2D eigenvalue weighted by Crippen LogP contribution is 2.37. The zero-order valence-corrected chi connectivity index (χ0v) is 7.69. The molecule has 0 unspecified atom stereocenters. The van der Waals surface area contributed by atoms with E-state index in [1.165, 1.54) is 25.7 Å². The Labute approximate surface area is 69.5 Å². The summed E-state index contributed by atoms with van der Waals surface area (Å²) in [6, 6.07) is 0. The molecule has 3 N–H and O–H groups in total. The van der Waals surface area contributed by atoms with Crippen LogP contribution in [0.15, 0.2) is 0 Å². The van der Waals surface area contributed by atoms with Crippen LogP contribution in [0.25, 0.3) is 0 Å². The van der Waals surface area contributed by atoms with E-state index in [9.17, 15) is 0 Å². The van der Waals surface area contributed by atoms with Gasteiger partial charge in [-0.2, -0.15) is 0 Å². The van der Waals surface area contributed by atoms with E-state index in [1.54, 1.807) is 0 Å². The average molecular weight is 156 g/mol. The number of hydrogen-bond acceptors (Lipinski definition) is 2. The summed E-state index contributed by atoms with van der Waals surface area (Å²) in [7, 11) is 0. The van der Waals surface area contributed by atoms with Gasteiger partial charge in [-0.3, -0.25) is 11.3 Å². The minimum atomic E-state index is 0.588. The zero-order valence-electron chi connectivity index (χ0n) is 7.69. The molecule has 2 nitrogen and oxygen atoms in total. The molecule has 2 heteroatoms. The van der Waals surface area contributed by atoms with Gasteiger partial charge in [0, 0.05) is 6.54 Å². The molecule has 0 aromatic carbocycles. The molecule has 0 aromatic rings. The van der Waals surface area contributed by atoms with E-state index >= 15 is 0 Å². The summed E-state index contributed by atoms with van der Waals surface area (Å²) in [5, 5.41) is 0. The lowest BCUT2D eigenvalue weighted by molar-refractivity contribution is 0.189. The van der Waals surface area contributed by atoms with Gasteiger partial charge in [0.25, 0.3) is 0 Å². The molecule has 0 heterocycles. The van der Waals surface area contributed by atoms with Crippen molar-refractivity contribution < 1.29 is 0 Å². The summed E-state index contributed by atoms with van der Waals surface area (Å²) in [6.07, 6.45) is 5.41. The molecule has 0 spiro atoms. The highest BCUT2D eigenvalue weighted by Gasteiger charge is 2.25. The van der Waals surface area contributed by atoms with Gasteiger partial charge < -0.3 is 0 Å². The molecule has 1 saturated carbocycles. The second-order valence-corrected chi connectivity index (χ2v) is 4.52. The number of rotatable bonds is 2. The van der Waals surface area contributed by atoms with E-state index in [0.29, 0.717) is 5.41 Å². The molecule has 0 aliphatic heterocycles. The summed E-state index contributed by atoms with van der Waals surface area (Å²) < 4.78 is 0. The fraction of sp³-hybridized carbons (Fsp3) is 1.00. The van der Waals surface area contributed by atoms with Gasteiger partial charge in [-0.05, 0) is 37.0 Å². The Balaban J connectivity index is 2.25. The first-order valence-corrected chi connectivity index (χ1v) is 4.57. The summed E-state index contributed by atoms with van der Waals surface area (Å²) in [6.45, 7) is 5.72. The minimum absolute atomic E-state index is 0.588. The van der Waals surface area contributed by atoms with E-state index < -0.39 is 0 Å². The molecule has 11 heavy (non-hydrogen) atoms. The van der Waals surface area contributed by atoms with Gasteiger partial charge in [0.2, 0.25) is 0 Å². The normalized spacial score (nSPS) is 25.4. The van der Waals surface area contributed by atoms with Gasteiger partial charge in [0.05, 0.1) is 0 Å². The average Bonchev–Trinajstić information content (AvgIpc) is 1.94. The fourth-order valence-corrected chi connectivity index (χ4v) is 1.83. The third kappa shape index (κ3) is 2.80. The predicted molar refractivity (Wildman–Crippen MR) is 47.9 cm³/mol. The summed E-state index contributed by atoms with van der Waals surface area (Å²) in [4.78, 5) is 0. The first kappa shape index (κ1) is 9.01. The molecular weight excluding hydrogens is 136 g/mol. The molecule has 0 atom stereocenters. The van der Waals surface area contributed by atoms with Crippen molar-refractivity contribution in [1.29, 1.82) is 0 Å². The molecule has 0 aromatic heterocycles. The lowest BCUT2D eigenvalue weighted by Gasteiger charge is -2.34. The van der Waals surface area contributed by atoms with Crippen LogP contribution >= 0.6 is 0 Å². The smallest absolute Gasteiger partial charge is 0.0126 e. The van der Waals surface area contributed by atoms with Crippen molar-refractivity contribution in [2.24, 2.45) is 17.2 Å². The Hall–Kier alpha value is -0.0800. The third-order valence-electron chi connectivity index (χ3n) is 2.87. The standard InChI is InChI=1S/C9H20N2/c1-9(2)5-3-8(4-6-9)7-11-10/h8,11H,3-7,10H2,1-2H3. The van der Waals surface area contributed by atoms with Gasteiger partial charge in [0.15, 0.2) is 0 Å². The van der Waals surface area contributed by atoms with Crippen molar-refractivity contribution in [3.05, 3.63) is 0 Å². The van der Waals surface area contributed by atoms with Gasteiger partial charge in [-0.25, -0.2) is 0 Å². The second-order valence-electron chi connectivity index (χ2n) is 4.52. The fourth-order valence-electron chi connectivity index (χ4n) is 1.83. The highest BCUT2D eigenvalue weighted by molar-refractivity contribution is 4.78. The Morgan fingerprint density at radius 1 is 1.36 bits per heavy atom. The van der Waals surface area contributed by atoms with Gasteiger partial charge in [-0.15, -0.1) is 0 Å². The Kier molecular flexibility index (Phi) is 2.90. The van der Waals surface area contributed by atoms with E-state index in [-0.39, 0.29) is 0 Å². The molecule has 1 aliphatic carbocycles. The number of hydrazine groups is 1. The van der Waals surface area contributed by atoms with Crippen LogP contribution < -0.4 is 11.3 Å². The van der Waals surface area contributed by atoms with Crippen molar-refractivity contribution >= 4 is 0 Å². The maximum Gasteiger partial charge on any atom is 0.0126 e. The van der Waals surface area contributed by atoms with Crippen LogP contribution in [0.4, 0.5) is 0 Å². The number of nitrogens with one attached hydrogen (secondary N) is 1. The second kappa shape index (κ2) is 3.55. The Bertz CT molecular complexity index is 111. The zero-order chi connectivity index (χ0) is 8.32. The minimum Gasteiger partial charge on any atom is -0.271 e. The molecular formula is C9H20N2. The summed E-state index contributed by atoms with van der Waals surface area (Å²) >= 11 is 0. The van der Waals surface area contributed by atoms with E-state index in [2.05, 4.69) is 19.3 Å².